The summed E-state index contributed by atoms with van der Waals surface area (Å²) < 4.78 is 13.9. The molecular weight excluding hydrogens is 289 g/mol. The Balaban J connectivity index is 2.05. The summed E-state index contributed by atoms with van der Waals surface area (Å²) in [6, 6.07) is 8.04. The number of carbonyl (C=O) groups excluding carboxylic acids is 1. The number of hydrogen-bond donors (Lipinski definition) is 2. The van der Waals surface area contributed by atoms with Gasteiger partial charge in [-0.05, 0) is 37.3 Å². The van der Waals surface area contributed by atoms with Crippen molar-refractivity contribution in [1.29, 1.82) is 0 Å². The number of carbonyl (C=O) groups is 1. The van der Waals surface area contributed by atoms with Crippen molar-refractivity contribution in [3.8, 4) is 11.8 Å². The summed E-state index contributed by atoms with van der Waals surface area (Å²) in [5, 5.41) is 11.3. The van der Waals surface area contributed by atoms with E-state index >= 15 is 0 Å². The van der Waals surface area contributed by atoms with Gasteiger partial charge < -0.3 is 10.4 Å². The Morgan fingerprint density at radius 3 is 2.81 bits per heavy atom. The molecule has 1 amide bonds. The van der Waals surface area contributed by atoms with Gasteiger partial charge in [-0.25, -0.2) is 4.39 Å². The molecule has 0 bridgehead atoms. The highest BCUT2D eigenvalue weighted by Gasteiger charge is 2.11. The van der Waals surface area contributed by atoms with Crippen molar-refractivity contribution < 1.29 is 14.3 Å². The fourth-order valence-corrected chi connectivity index (χ4v) is 2.59. The highest BCUT2D eigenvalue weighted by molar-refractivity contribution is 7.11. The third kappa shape index (κ3) is 4.15. The third-order valence-corrected chi connectivity index (χ3v) is 3.75. The maximum Gasteiger partial charge on any atom is 0.254 e. The topological polar surface area (TPSA) is 49.3 Å². The van der Waals surface area contributed by atoms with Crippen LogP contribution in [0.4, 0.5) is 4.39 Å². The molecule has 1 aromatic heterocycles. The Labute approximate surface area is 126 Å². The van der Waals surface area contributed by atoms with E-state index in [4.69, 9.17) is 5.11 Å². The number of aliphatic hydroxyl groups excluding tert-OH is 1. The molecule has 1 heterocycles. The van der Waals surface area contributed by atoms with Crippen LogP contribution in [0.1, 0.15) is 25.7 Å². The lowest BCUT2D eigenvalue weighted by molar-refractivity contribution is 0.0947. The van der Waals surface area contributed by atoms with E-state index in [-0.39, 0.29) is 12.2 Å². The van der Waals surface area contributed by atoms with Crippen molar-refractivity contribution in [2.45, 2.75) is 13.5 Å². The number of nitrogens with one attached hydrogen (secondary N) is 1. The van der Waals surface area contributed by atoms with Crippen molar-refractivity contribution in [1.82, 2.24) is 5.32 Å². The van der Waals surface area contributed by atoms with Gasteiger partial charge in [0.05, 0.1) is 12.1 Å². The molecule has 2 aromatic rings. The minimum absolute atomic E-state index is 0.0159. The predicted molar refractivity (Wildman–Crippen MR) is 80.6 cm³/mol. The van der Waals surface area contributed by atoms with E-state index in [2.05, 4.69) is 17.2 Å². The van der Waals surface area contributed by atoms with E-state index in [0.29, 0.717) is 12.1 Å². The lowest BCUT2D eigenvalue weighted by Crippen LogP contribution is -2.23. The Hall–Kier alpha value is -2.16. The van der Waals surface area contributed by atoms with Gasteiger partial charge in [-0.15, -0.1) is 11.3 Å². The molecule has 21 heavy (non-hydrogen) atoms. The summed E-state index contributed by atoms with van der Waals surface area (Å²) in [7, 11) is 0. The molecule has 0 unspecified atom stereocenters. The van der Waals surface area contributed by atoms with Gasteiger partial charge in [0.2, 0.25) is 0 Å². The fourth-order valence-electron chi connectivity index (χ4n) is 1.76. The number of hydrogen-bond acceptors (Lipinski definition) is 3. The second-order valence-electron chi connectivity index (χ2n) is 4.35. The number of aliphatic hydroxyl groups is 1. The van der Waals surface area contributed by atoms with Gasteiger partial charge in [-0.3, -0.25) is 4.79 Å². The summed E-state index contributed by atoms with van der Waals surface area (Å²) in [4.78, 5) is 14.1. The molecule has 2 N–H and O–H groups in total. The molecule has 0 atom stereocenters. The standard InChI is InChI=1S/C16H14FNO2S/c1-11-4-6-13(21-11)10-18-16(20)14-7-5-12(3-2-8-19)9-15(14)17/h4-7,9,19H,8,10H2,1H3,(H,18,20). The van der Waals surface area contributed by atoms with Crippen LogP contribution in [-0.4, -0.2) is 17.6 Å². The first-order valence-corrected chi connectivity index (χ1v) is 7.14. The number of amides is 1. The zero-order valence-corrected chi connectivity index (χ0v) is 12.3. The average Bonchev–Trinajstić information content (AvgIpc) is 2.88. The van der Waals surface area contributed by atoms with Crippen LogP contribution in [-0.2, 0) is 6.54 Å². The molecule has 3 nitrogen and oxygen atoms in total. The molecule has 5 heteroatoms. The monoisotopic (exact) mass is 303 g/mol. The molecular formula is C16H14FNO2S. The van der Waals surface area contributed by atoms with Crippen LogP contribution < -0.4 is 5.32 Å². The van der Waals surface area contributed by atoms with Crippen LogP contribution in [0.3, 0.4) is 0 Å². The van der Waals surface area contributed by atoms with E-state index < -0.39 is 11.7 Å². The summed E-state index contributed by atoms with van der Waals surface area (Å²) in [6.07, 6.45) is 0. The van der Waals surface area contributed by atoms with Crippen molar-refractivity contribution in [2.24, 2.45) is 0 Å². The maximum absolute atomic E-state index is 13.9. The highest BCUT2D eigenvalue weighted by atomic mass is 32.1. The van der Waals surface area contributed by atoms with Crippen LogP contribution in [0.2, 0.25) is 0 Å². The summed E-state index contributed by atoms with van der Waals surface area (Å²) >= 11 is 1.59. The molecule has 108 valence electrons. The first kappa shape index (κ1) is 15.2. The minimum atomic E-state index is -0.625. The quantitative estimate of drug-likeness (QED) is 0.856. The van der Waals surface area contributed by atoms with Crippen molar-refractivity contribution in [3.05, 3.63) is 57.0 Å². The number of thiophene rings is 1. The zero-order chi connectivity index (χ0) is 15.2. The molecule has 2 rings (SSSR count). The molecule has 0 fully saturated rings. The molecule has 0 aliphatic heterocycles. The molecule has 0 aliphatic carbocycles. The number of rotatable bonds is 3. The Morgan fingerprint density at radius 1 is 1.38 bits per heavy atom. The van der Waals surface area contributed by atoms with Crippen LogP contribution in [0.25, 0.3) is 0 Å². The Bertz CT molecular complexity index is 713. The molecule has 0 saturated carbocycles. The lowest BCUT2D eigenvalue weighted by atomic mass is 10.1. The molecule has 0 radical (unpaired) electrons. The third-order valence-electron chi connectivity index (χ3n) is 2.74. The lowest BCUT2D eigenvalue weighted by Gasteiger charge is -2.05. The van der Waals surface area contributed by atoms with Crippen molar-refractivity contribution in [2.75, 3.05) is 6.61 Å². The minimum Gasteiger partial charge on any atom is -0.384 e. The number of halogens is 1. The second-order valence-corrected chi connectivity index (χ2v) is 5.72. The van der Waals surface area contributed by atoms with E-state index in [1.165, 1.54) is 12.1 Å². The average molecular weight is 303 g/mol. The molecule has 1 aromatic carbocycles. The number of aryl methyl sites for hydroxylation is 1. The zero-order valence-electron chi connectivity index (χ0n) is 11.4. The van der Waals surface area contributed by atoms with Gasteiger partial charge in [0.15, 0.2) is 0 Å². The normalized spacial score (nSPS) is 9.86. The van der Waals surface area contributed by atoms with E-state index in [0.717, 1.165) is 9.75 Å². The van der Waals surface area contributed by atoms with Gasteiger partial charge in [0.1, 0.15) is 12.4 Å². The van der Waals surface area contributed by atoms with Crippen LogP contribution in [0.15, 0.2) is 30.3 Å². The maximum atomic E-state index is 13.9. The fraction of sp³-hybridized carbons (Fsp3) is 0.188. The summed E-state index contributed by atoms with van der Waals surface area (Å²) in [5.41, 5.74) is 0.407. The van der Waals surface area contributed by atoms with E-state index in [1.807, 2.05) is 19.1 Å². The molecule has 0 saturated heterocycles. The second kappa shape index (κ2) is 7.02. The molecule has 0 spiro atoms. The van der Waals surface area contributed by atoms with Crippen LogP contribution in [0, 0.1) is 24.6 Å². The smallest absolute Gasteiger partial charge is 0.254 e. The van der Waals surface area contributed by atoms with E-state index in [9.17, 15) is 9.18 Å². The molecule has 0 aliphatic rings. The SMILES string of the molecule is Cc1ccc(CNC(=O)c2ccc(C#CCO)cc2F)s1. The van der Waals surface area contributed by atoms with Gasteiger partial charge in [-0.2, -0.15) is 0 Å². The largest absolute Gasteiger partial charge is 0.384 e. The van der Waals surface area contributed by atoms with Crippen LogP contribution >= 0.6 is 11.3 Å². The Kier molecular flexibility index (Phi) is 5.09. The predicted octanol–water partition coefficient (Wildman–Crippen LogP) is 2.47. The highest BCUT2D eigenvalue weighted by Crippen LogP contribution is 2.15. The first-order chi connectivity index (χ1) is 10.1. The van der Waals surface area contributed by atoms with Crippen molar-refractivity contribution >= 4 is 17.2 Å². The van der Waals surface area contributed by atoms with Crippen molar-refractivity contribution in [3.63, 3.8) is 0 Å². The van der Waals surface area contributed by atoms with Gasteiger partial charge in [0.25, 0.3) is 5.91 Å². The number of benzene rings is 1. The summed E-state index contributed by atoms with van der Waals surface area (Å²) in [6.45, 7) is 2.08. The van der Waals surface area contributed by atoms with Gasteiger partial charge in [-0.1, -0.05) is 11.8 Å². The van der Waals surface area contributed by atoms with Gasteiger partial charge >= 0.3 is 0 Å². The van der Waals surface area contributed by atoms with E-state index in [1.54, 1.807) is 17.4 Å². The summed E-state index contributed by atoms with van der Waals surface area (Å²) in [5.74, 6) is 3.94. The first-order valence-electron chi connectivity index (χ1n) is 6.33. The van der Waals surface area contributed by atoms with Crippen LogP contribution in [0.5, 0.6) is 0 Å². The Morgan fingerprint density at radius 2 is 2.19 bits per heavy atom. The van der Waals surface area contributed by atoms with Gasteiger partial charge in [0, 0.05) is 15.3 Å².